The molecule has 2 saturated heterocycles. The summed E-state index contributed by atoms with van der Waals surface area (Å²) in [7, 11) is 0. The van der Waals surface area contributed by atoms with Crippen molar-refractivity contribution >= 4 is 16.9 Å². The fraction of sp³-hybridized carbons (Fsp3) is 0.448. The Labute approximate surface area is 249 Å². The summed E-state index contributed by atoms with van der Waals surface area (Å²) in [5.74, 6) is -0.959. The molecule has 44 heavy (non-hydrogen) atoms. The van der Waals surface area contributed by atoms with E-state index in [-0.39, 0.29) is 28.2 Å². The summed E-state index contributed by atoms with van der Waals surface area (Å²) in [6, 6.07) is 9.93. The number of benzene rings is 2. The molecule has 0 unspecified atom stereocenters. The van der Waals surface area contributed by atoms with Gasteiger partial charge in [-0.05, 0) is 36.8 Å². The van der Waals surface area contributed by atoms with Gasteiger partial charge in [-0.3, -0.25) is 9.59 Å². The number of nitrogens with one attached hydrogen (secondary N) is 1. The van der Waals surface area contributed by atoms with Crippen molar-refractivity contribution in [3.8, 4) is 28.5 Å². The van der Waals surface area contributed by atoms with Crippen molar-refractivity contribution in [3.05, 3.63) is 52.7 Å². The predicted molar refractivity (Wildman–Crippen MR) is 149 cm³/mol. The Hall–Kier alpha value is -3.64. The maximum absolute atomic E-state index is 13.2. The number of aromatic nitrogens is 1. The smallest absolute Gasteiger partial charge is 0.308 e. The van der Waals surface area contributed by atoms with E-state index in [0.717, 1.165) is 6.92 Å². The first-order valence-electron chi connectivity index (χ1n) is 13.7. The van der Waals surface area contributed by atoms with Crippen LogP contribution in [0, 0.1) is 0 Å². The largest absolute Gasteiger partial charge is 0.508 e. The zero-order chi connectivity index (χ0) is 31.9. The van der Waals surface area contributed by atoms with Gasteiger partial charge in [-0.1, -0.05) is 0 Å². The average molecular weight is 620 g/mol. The number of aromatic hydroxyl groups is 1. The molecule has 2 fully saturated rings. The molecule has 0 aliphatic carbocycles. The van der Waals surface area contributed by atoms with Gasteiger partial charge in [0, 0.05) is 30.8 Å². The Bertz CT molecular complexity index is 1540. The number of phenols is 1. The first-order valence-corrected chi connectivity index (χ1v) is 13.7. The summed E-state index contributed by atoms with van der Waals surface area (Å²) in [5, 5.41) is 71.5. The van der Waals surface area contributed by atoms with Gasteiger partial charge in [0.05, 0.1) is 23.6 Å². The number of H-pyrrole nitrogens is 1. The molecule has 1 aromatic heterocycles. The molecular formula is C29H33NO14. The van der Waals surface area contributed by atoms with Gasteiger partial charge in [0.2, 0.25) is 6.29 Å². The number of aliphatic hydroxyl groups is 6. The maximum atomic E-state index is 13.2. The zero-order valence-electron chi connectivity index (χ0n) is 23.5. The van der Waals surface area contributed by atoms with E-state index in [1.54, 1.807) is 12.1 Å². The third kappa shape index (κ3) is 6.28. The number of hydrogen-bond donors (Lipinski definition) is 8. The molecule has 3 heterocycles. The van der Waals surface area contributed by atoms with Crippen LogP contribution in [0.2, 0.25) is 0 Å². The molecule has 2 aliphatic heterocycles. The summed E-state index contributed by atoms with van der Waals surface area (Å²) in [6.45, 7) is 1.83. The van der Waals surface area contributed by atoms with Gasteiger partial charge in [0.15, 0.2) is 17.8 Å². The molecule has 15 heteroatoms. The lowest BCUT2D eigenvalue weighted by Gasteiger charge is -2.45. The van der Waals surface area contributed by atoms with Gasteiger partial charge >= 0.3 is 5.97 Å². The number of carbonyl (C=O) groups is 1. The molecule has 8 N–H and O–H groups in total. The van der Waals surface area contributed by atoms with Crippen LogP contribution in [-0.4, -0.2) is 115 Å². The second-order valence-corrected chi connectivity index (χ2v) is 10.6. The molecule has 2 aliphatic rings. The van der Waals surface area contributed by atoms with E-state index in [1.165, 1.54) is 37.3 Å². The minimum absolute atomic E-state index is 0.0105. The molecular weight excluding hydrogens is 586 g/mol. The Kier molecular flexibility index (Phi) is 9.22. The van der Waals surface area contributed by atoms with Crippen molar-refractivity contribution in [2.45, 2.75) is 75.3 Å². The van der Waals surface area contributed by atoms with E-state index in [0.29, 0.717) is 11.3 Å². The summed E-state index contributed by atoms with van der Waals surface area (Å²) < 4.78 is 28.2. The van der Waals surface area contributed by atoms with Crippen LogP contribution in [0.15, 0.2) is 47.3 Å². The van der Waals surface area contributed by atoms with E-state index in [2.05, 4.69) is 4.98 Å². The van der Waals surface area contributed by atoms with Crippen molar-refractivity contribution in [1.82, 2.24) is 4.98 Å². The maximum Gasteiger partial charge on any atom is 0.308 e. The molecule has 10 atom stereocenters. The topological polar surface area (TPSA) is 238 Å². The number of aromatic amines is 1. The Morgan fingerprint density at radius 1 is 0.909 bits per heavy atom. The quantitative estimate of drug-likeness (QED) is 0.115. The summed E-state index contributed by atoms with van der Waals surface area (Å²) in [6.07, 6.45) is -15.4. The van der Waals surface area contributed by atoms with Gasteiger partial charge in [-0.2, -0.15) is 0 Å². The van der Waals surface area contributed by atoms with Gasteiger partial charge in [0.25, 0.3) is 0 Å². The summed E-state index contributed by atoms with van der Waals surface area (Å²) in [5.41, 5.74) is 0.582. The van der Waals surface area contributed by atoms with E-state index in [4.69, 9.17) is 23.7 Å². The van der Waals surface area contributed by atoms with Crippen LogP contribution < -0.4 is 14.9 Å². The van der Waals surface area contributed by atoms with Crippen LogP contribution in [0.4, 0.5) is 0 Å². The van der Waals surface area contributed by atoms with E-state index in [1.807, 2.05) is 0 Å². The number of esters is 1. The molecule has 2 aromatic carbocycles. The van der Waals surface area contributed by atoms with Crippen LogP contribution in [0.5, 0.6) is 17.2 Å². The Balaban J connectivity index is 1.53. The molecule has 238 valence electrons. The predicted octanol–water partition coefficient (Wildman–Crippen LogP) is -1.14. The highest BCUT2D eigenvalue weighted by Crippen LogP contribution is 2.34. The van der Waals surface area contributed by atoms with Crippen LogP contribution in [0.1, 0.15) is 13.8 Å². The molecule has 3 aromatic rings. The molecule has 0 radical (unpaired) electrons. The fourth-order valence-corrected chi connectivity index (χ4v) is 5.14. The standard InChI is InChI=1S/C29H33NO14/c1-11-22(35)24(37)26(39)28(40-11)44-27-25(38)23(36)20(10-31)43-29(27)42-15-7-17-21(19(8-15)41-12(2)32)18(34)9-16(30-17)13-3-5-14(33)6-4-13/h3-9,11,20,22-29,31,33,35-39H,10H2,1-2H3,(H,30,34)/t11-,20+,22-,23+,24+,25-,26+,27+,28-,29+/m0/s1. The van der Waals surface area contributed by atoms with Crippen molar-refractivity contribution in [3.63, 3.8) is 0 Å². The molecule has 0 amide bonds. The number of pyridine rings is 1. The minimum Gasteiger partial charge on any atom is -0.508 e. The molecule has 15 nitrogen and oxygen atoms in total. The number of fused-ring (bicyclic) bond motifs is 1. The number of rotatable bonds is 7. The molecule has 0 spiro atoms. The van der Waals surface area contributed by atoms with Gasteiger partial charge in [-0.25, -0.2) is 0 Å². The minimum atomic E-state index is -1.77. The summed E-state index contributed by atoms with van der Waals surface area (Å²) in [4.78, 5) is 28.2. The van der Waals surface area contributed by atoms with E-state index in [9.17, 15) is 45.3 Å². The fourth-order valence-electron chi connectivity index (χ4n) is 5.14. The first-order chi connectivity index (χ1) is 20.9. The highest BCUT2D eigenvalue weighted by molar-refractivity contribution is 5.90. The van der Waals surface area contributed by atoms with Crippen molar-refractivity contribution in [2.75, 3.05) is 6.61 Å². The van der Waals surface area contributed by atoms with Gasteiger partial charge in [0.1, 0.15) is 53.9 Å². The number of ether oxygens (including phenoxy) is 5. The Morgan fingerprint density at radius 2 is 1.61 bits per heavy atom. The number of phenolic OH excluding ortho intramolecular Hbond substituents is 1. The number of hydrogen-bond acceptors (Lipinski definition) is 14. The second kappa shape index (κ2) is 12.8. The van der Waals surface area contributed by atoms with Crippen LogP contribution in [-0.2, 0) is 19.0 Å². The lowest BCUT2D eigenvalue weighted by molar-refractivity contribution is -0.354. The van der Waals surface area contributed by atoms with Crippen molar-refractivity contribution in [2.24, 2.45) is 0 Å². The lowest BCUT2D eigenvalue weighted by atomic mass is 9.97. The highest BCUT2D eigenvalue weighted by atomic mass is 16.8. The molecule has 0 saturated carbocycles. The molecule has 0 bridgehead atoms. The average Bonchev–Trinajstić information content (AvgIpc) is 2.97. The summed E-state index contributed by atoms with van der Waals surface area (Å²) >= 11 is 0. The highest BCUT2D eigenvalue weighted by Gasteiger charge is 2.51. The van der Waals surface area contributed by atoms with Crippen LogP contribution in [0.25, 0.3) is 22.2 Å². The van der Waals surface area contributed by atoms with Crippen molar-refractivity contribution in [1.29, 1.82) is 0 Å². The van der Waals surface area contributed by atoms with Crippen molar-refractivity contribution < 1.29 is 64.2 Å². The van der Waals surface area contributed by atoms with E-state index < -0.39 is 79.4 Å². The monoisotopic (exact) mass is 619 g/mol. The normalized spacial score (nSPS) is 32.4. The Morgan fingerprint density at radius 3 is 2.27 bits per heavy atom. The van der Waals surface area contributed by atoms with Crippen LogP contribution >= 0.6 is 0 Å². The third-order valence-electron chi connectivity index (χ3n) is 7.48. The number of carbonyl (C=O) groups excluding carboxylic acids is 1. The number of aliphatic hydroxyl groups excluding tert-OH is 6. The zero-order valence-corrected chi connectivity index (χ0v) is 23.5. The van der Waals surface area contributed by atoms with Gasteiger partial charge < -0.3 is 64.4 Å². The van der Waals surface area contributed by atoms with E-state index >= 15 is 0 Å². The third-order valence-corrected chi connectivity index (χ3v) is 7.48. The second-order valence-electron chi connectivity index (χ2n) is 10.6. The lowest BCUT2D eigenvalue weighted by Crippen LogP contribution is -2.64. The van der Waals surface area contributed by atoms with Crippen LogP contribution in [0.3, 0.4) is 0 Å². The van der Waals surface area contributed by atoms with Gasteiger partial charge in [-0.15, -0.1) is 0 Å². The molecule has 5 rings (SSSR count). The SMILES string of the molecule is CC(=O)Oc1cc(O[C@@H]2O[C@H](CO)[C@@H](O)[C@H](O)[C@H]2O[C@@H]2O[C@@H](C)[C@H](O)[C@@H](O)[C@H]2O)cc2[nH]c(-c3ccc(O)cc3)cc(=O)c12. The first kappa shape index (κ1) is 31.8.